The Hall–Kier alpha value is -1.59. The first kappa shape index (κ1) is 16.4. The molecule has 2 atom stereocenters. The molecule has 0 rings (SSSR count). The molecule has 0 saturated heterocycles. The number of hydrogen-bond donors (Lipinski definition) is 3. The highest BCUT2D eigenvalue weighted by Crippen LogP contribution is 2.08. The van der Waals surface area contributed by atoms with Crippen LogP contribution in [0.5, 0.6) is 0 Å². The van der Waals surface area contributed by atoms with Crippen LogP contribution < -0.4 is 11.1 Å². The molecule has 0 bridgehead atoms. The zero-order valence-corrected chi connectivity index (χ0v) is 10.9. The minimum Gasteiger partial charge on any atom is -0.480 e. The maximum absolute atomic E-state index is 11.7. The largest absolute Gasteiger partial charge is 0.480 e. The van der Waals surface area contributed by atoms with Gasteiger partial charge in [0.1, 0.15) is 6.04 Å². The third-order valence-corrected chi connectivity index (χ3v) is 2.73. The first-order valence-electron chi connectivity index (χ1n) is 6.20. The van der Waals surface area contributed by atoms with E-state index < -0.39 is 17.9 Å². The van der Waals surface area contributed by atoms with Gasteiger partial charge in [-0.25, -0.2) is 4.79 Å². The second kappa shape index (κ2) is 8.49. The van der Waals surface area contributed by atoms with Crippen molar-refractivity contribution in [2.45, 2.75) is 52.0 Å². The lowest BCUT2D eigenvalue weighted by Gasteiger charge is -2.17. The Balaban J connectivity index is 4.26. The van der Waals surface area contributed by atoms with Crippen LogP contribution >= 0.6 is 0 Å². The number of carboxylic acids is 1. The molecule has 0 aliphatic heterocycles. The SMILES string of the molecule is CCCCC(C)C(=O)NC(CCC(N)=O)C(=O)O. The average molecular weight is 258 g/mol. The van der Waals surface area contributed by atoms with E-state index in [0.29, 0.717) is 0 Å². The Kier molecular flexibility index (Phi) is 7.74. The quantitative estimate of drug-likeness (QED) is 0.564. The van der Waals surface area contributed by atoms with Crippen molar-refractivity contribution in [3.63, 3.8) is 0 Å². The van der Waals surface area contributed by atoms with Crippen LogP contribution in [0.1, 0.15) is 46.0 Å². The predicted octanol–water partition coefficient (Wildman–Crippen LogP) is 0.648. The van der Waals surface area contributed by atoms with Gasteiger partial charge in [-0.3, -0.25) is 9.59 Å². The zero-order chi connectivity index (χ0) is 14.1. The lowest BCUT2D eigenvalue weighted by atomic mass is 10.0. The number of nitrogens with one attached hydrogen (secondary N) is 1. The number of unbranched alkanes of at least 4 members (excludes halogenated alkanes) is 1. The second-order valence-corrected chi connectivity index (χ2v) is 4.45. The molecule has 18 heavy (non-hydrogen) atoms. The van der Waals surface area contributed by atoms with E-state index in [1.165, 1.54) is 0 Å². The van der Waals surface area contributed by atoms with Crippen LogP contribution in [0.15, 0.2) is 0 Å². The maximum atomic E-state index is 11.7. The topological polar surface area (TPSA) is 109 Å². The smallest absolute Gasteiger partial charge is 0.326 e. The van der Waals surface area contributed by atoms with E-state index in [0.717, 1.165) is 19.3 Å². The summed E-state index contributed by atoms with van der Waals surface area (Å²) in [6.07, 6.45) is 2.61. The summed E-state index contributed by atoms with van der Waals surface area (Å²) in [6.45, 7) is 3.79. The van der Waals surface area contributed by atoms with Crippen LogP contribution in [0.25, 0.3) is 0 Å². The van der Waals surface area contributed by atoms with E-state index in [2.05, 4.69) is 5.32 Å². The molecular weight excluding hydrogens is 236 g/mol. The summed E-state index contributed by atoms with van der Waals surface area (Å²) < 4.78 is 0. The van der Waals surface area contributed by atoms with E-state index in [4.69, 9.17) is 10.8 Å². The third-order valence-electron chi connectivity index (χ3n) is 2.73. The van der Waals surface area contributed by atoms with Gasteiger partial charge in [0.05, 0.1) is 0 Å². The summed E-state index contributed by atoms with van der Waals surface area (Å²) >= 11 is 0. The third kappa shape index (κ3) is 6.88. The van der Waals surface area contributed by atoms with Gasteiger partial charge in [-0.2, -0.15) is 0 Å². The van der Waals surface area contributed by atoms with Gasteiger partial charge in [0, 0.05) is 12.3 Å². The van der Waals surface area contributed by atoms with Crippen molar-refractivity contribution in [3.05, 3.63) is 0 Å². The number of primary amides is 1. The van der Waals surface area contributed by atoms with Crippen LogP contribution in [0.2, 0.25) is 0 Å². The molecule has 2 amide bonds. The average Bonchev–Trinajstić information content (AvgIpc) is 2.30. The monoisotopic (exact) mass is 258 g/mol. The molecule has 4 N–H and O–H groups in total. The van der Waals surface area contributed by atoms with Crippen molar-refractivity contribution in [1.29, 1.82) is 0 Å². The van der Waals surface area contributed by atoms with Crippen molar-refractivity contribution >= 4 is 17.8 Å². The van der Waals surface area contributed by atoms with Gasteiger partial charge in [-0.1, -0.05) is 26.7 Å². The maximum Gasteiger partial charge on any atom is 0.326 e. The van der Waals surface area contributed by atoms with Crippen molar-refractivity contribution in [1.82, 2.24) is 5.32 Å². The number of carboxylic acid groups (broad SMARTS) is 1. The number of nitrogens with two attached hydrogens (primary N) is 1. The summed E-state index contributed by atoms with van der Waals surface area (Å²) in [7, 11) is 0. The minimum atomic E-state index is -1.15. The van der Waals surface area contributed by atoms with E-state index in [1.54, 1.807) is 6.92 Å². The standard InChI is InChI=1S/C12H22N2O4/c1-3-4-5-8(2)11(16)14-9(12(17)18)6-7-10(13)15/h8-9H,3-7H2,1-2H3,(H2,13,15)(H,14,16)(H,17,18). The molecule has 0 aromatic rings. The van der Waals surface area contributed by atoms with Crippen molar-refractivity contribution in [3.8, 4) is 0 Å². The summed E-state index contributed by atoms with van der Waals surface area (Å²) in [5.41, 5.74) is 4.95. The number of aliphatic carboxylic acids is 1. The van der Waals surface area contributed by atoms with Gasteiger partial charge >= 0.3 is 5.97 Å². The molecule has 0 saturated carbocycles. The Bertz CT molecular complexity index is 304. The molecule has 0 heterocycles. The lowest BCUT2D eigenvalue weighted by molar-refractivity contribution is -0.142. The molecular formula is C12H22N2O4. The first-order chi connectivity index (χ1) is 8.38. The normalized spacial score (nSPS) is 13.7. The number of amides is 2. The highest BCUT2D eigenvalue weighted by Gasteiger charge is 2.22. The summed E-state index contributed by atoms with van der Waals surface area (Å²) in [5, 5.41) is 11.4. The Morgan fingerprint density at radius 3 is 2.33 bits per heavy atom. The number of rotatable bonds is 9. The van der Waals surface area contributed by atoms with E-state index in [1.807, 2.05) is 6.92 Å². The van der Waals surface area contributed by atoms with E-state index >= 15 is 0 Å². The highest BCUT2D eigenvalue weighted by atomic mass is 16.4. The molecule has 0 radical (unpaired) electrons. The summed E-state index contributed by atoms with van der Waals surface area (Å²) in [4.78, 5) is 33.2. The van der Waals surface area contributed by atoms with Crippen LogP contribution in [0, 0.1) is 5.92 Å². The van der Waals surface area contributed by atoms with Crippen molar-refractivity contribution < 1.29 is 19.5 Å². The summed E-state index contributed by atoms with van der Waals surface area (Å²) in [6, 6.07) is -1.05. The fourth-order valence-corrected chi connectivity index (χ4v) is 1.50. The van der Waals surface area contributed by atoms with Crippen LogP contribution in [0.3, 0.4) is 0 Å². The molecule has 0 spiro atoms. The molecule has 6 heteroatoms. The van der Waals surface area contributed by atoms with E-state index in [-0.39, 0.29) is 24.7 Å². The minimum absolute atomic E-state index is 0.0247. The molecule has 6 nitrogen and oxygen atoms in total. The molecule has 0 aromatic carbocycles. The van der Waals surface area contributed by atoms with Gasteiger partial charge < -0.3 is 16.2 Å². The number of carbonyl (C=O) groups is 3. The molecule has 0 aliphatic carbocycles. The van der Waals surface area contributed by atoms with Gasteiger partial charge in [0.25, 0.3) is 0 Å². The Labute approximate surface area is 107 Å². The molecule has 104 valence electrons. The van der Waals surface area contributed by atoms with Crippen LogP contribution in [-0.2, 0) is 14.4 Å². The van der Waals surface area contributed by atoms with Gasteiger partial charge in [0.15, 0.2) is 0 Å². The Morgan fingerprint density at radius 2 is 1.89 bits per heavy atom. The van der Waals surface area contributed by atoms with Crippen molar-refractivity contribution in [2.75, 3.05) is 0 Å². The molecule has 2 unspecified atom stereocenters. The molecule has 0 fully saturated rings. The van der Waals surface area contributed by atoms with Crippen LogP contribution in [-0.4, -0.2) is 28.9 Å². The number of hydrogen-bond acceptors (Lipinski definition) is 3. The first-order valence-corrected chi connectivity index (χ1v) is 6.20. The number of carbonyl (C=O) groups excluding carboxylic acids is 2. The van der Waals surface area contributed by atoms with Crippen LogP contribution in [0.4, 0.5) is 0 Å². The zero-order valence-electron chi connectivity index (χ0n) is 10.9. The summed E-state index contributed by atoms with van der Waals surface area (Å²) in [5.74, 6) is -2.23. The highest BCUT2D eigenvalue weighted by molar-refractivity contribution is 5.85. The lowest BCUT2D eigenvalue weighted by Crippen LogP contribution is -2.43. The van der Waals surface area contributed by atoms with Gasteiger partial charge in [0.2, 0.25) is 11.8 Å². The fraction of sp³-hybridized carbons (Fsp3) is 0.750. The predicted molar refractivity (Wildman–Crippen MR) is 66.7 cm³/mol. The molecule has 0 aliphatic rings. The molecule has 0 aromatic heterocycles. The van der Waals surface area contributed by atoms with E-state index in [9.17, 15) is 14.4 Å². The second-order valence-electron chi connectivity index (χ2n) is 4.45. The van der Waals surface area contributed by atoms with Gasteiger partial charge in [-0.05, 0) is 12.8 Å². The Morgan fingerprint density at radius 1 is 1.28 bits per heavy atom. The fourth-order valence-electron chi connectivity index (χ4n) is 1.50. The van der Waals surface area contributed by atoms with Gasteiger partial charge in [-0.15, -0.1) is 0 Å². The van der Waals surface area contributed by atoms with Crippen molar-refractivity contribution in [2.24, 2.45) is 11.7 Å².